The lowest BCUT2D eigenvalue weighted by Crippen LogP contribution is -2.39. The third-order valence-corrected chi connectivity index (χ3v) is 3.84. The van der Waals surface area contributed by atoms with Gasteiger partial charge in [-0.25, -0.2) is 0 Å². The second kappa shape index (κ2) is 10.0. The monoisotopic (exact) mass is 317 g/mol. The van der Waals surface area contributed by atoms with Crippen LogP contribution in [0.3, 0.4) is 0 Å². The van der Waals surface area contributed by atoms with Gasteiger partial charge in [0.1, 0.15) is 0 Å². The van der Waals surface area contributed by atoms with Gasteiger partial charge >= 0.3 is 0 Å². The van der Waals surface area contributed by atoms with Gasteiger partial charge in [-0.05, 0) is 24.1 Å². The van der Waals surface area contributed by atoms with E-state index >= 15 is 0 Å². The summed E-state index contributed by atoms with van der Waals surface area (Å²) in [6, 6.07) is 7.47. The molecule has 1 atom stereocenters. The SMILES string of the molecule is COCC(CCO)NC(=O)CSCc1cccc(Cl)c1. The number of nitrogens with one attached hydrogen (secondary N) is 1. The highest BCUT2D eigenvalue weighted by Gasteiger charge is 2.11. The molecule has 2 N–H and O–H groups in total. The van der Waals surface area contributed by atoms with E-state index in [-0.39, 0.29) is 18.6 Å². The zero-order valence-electron chi connectivity index (χ0n) is 11.5. The van der Waals surface area contributed by atoms with Crippen LogP contribution in [0, 0.1) is 0 Å². The summed E-state index contributed by atoms with van der Waals surface area (Å²) < 4.78 is 5.00. The van der Waals surface area contributed by atoms with E-state index in [9.17, 15) is 4.79 Å². The van der Waals surface area contributed by atoms with Crippen molar-refractivity contribution in [2.75, 3.05) is 26.1 Å². The van der Waals surface area contributed by atoms with Crippen LogP contribution < -0.4 is 5.32 Å². The minimum atomic E-state index is -0.135. The summed E-state index contributed by atoms with van der Waals surface area (Å²) in [5, 5.41) is 12.5. The minimum absolute atomic E-state index is 0.0317. The van der Waals surface area contributed by atoms with Crippen molar-refractivity contribution in [3.63, 3.8) is 0 Å². The zero-order chi connectivity index (χ0) is 14.8. The molecule has 1 aromatic carbocycles. The highest BCUT2D eigenvalue weighted by molar-refractivity contribution is 7.99. The van der Waals surface area contributed by atoms with E-state index in [1.165, 1.54) is 11.8 Å². The number of amides is 1. The molecule has 20 heavy (non-hydrogen) atoms. The molecule has 0 aliphatic heterocycles. The van der Waals surface area contributed by atoms with Gasteiger partial charge in [0, 0.05) is 24.5 Å². The normalized spacial score (nSPS) is 12.2. The van der Waals surface area contributed by atoms with Crippen LogP contribution in [0.25, 0.3) is 0 Å². The summed E-state index contributed by atoms with van der Waals surface area (Å²) in [5.74, 6) is 1.06. The fraction of sp³-hybridized carbons (Fsp3) is 0.500. The first-order valence-electron chi connectivity index (χ1n) is 6.37. The predicted octanol–water partition coefficient (Wildman–Crippen LogP) is 2.09. The number of ether oxygens (including phenoxy) is 1. The molecule has 1 unspecified atom stereocenters. The molecule has 1 amide bonds. The Morgan fingerprint density at radius 3 is 3.00 bits per heavy atom. The maximum absolute atomic E-state index is 11.8. The average Bonchev–Trinajstić information content (AvgIpc) is 2.39. The quantitative estimate of drug-likeness (QED) is 0.732. The lowest BCUT2D eigenvalue weighted by Gasteiger charge is -2.16. The average molecular weight is 318 g/mol. The predicted molar refractivity (Wildman–Crippen MR) is 83.1 cm³/mol. The standard InChI is InChI=1S/C14H20ClNO3S/c1-19-8-13(5-6-17)16-14(18)10-20-9-11-3-2-4-12(15)7-11/h2-4,7,13,17H,5-6,8-10H2,1H3,(H,16,18). The molecule has 1 aromatic rings. The Morgan fingerprint density at radius 1 is 1.55 bits per heavy atom. The van der Waals surface area contributed by atoms with Crippen LogP contribution in [0.15, 0.2) is 24.3 Å². The number of thioether (sulfide) groups is 1. The first kappa shape index (κ1) is 17.3. The summed E-state index contributed by atoms with van der Waals surface area (Å²) in [5.41, 5.74) is 1.10. The summed E-state index contributed by atoms with van der Waals surface area (Å²) in [4.78, 5) is 11.8. The van der Waals surface area contributed by atoms with E-state index in [0.29, 0.717) is 23.8 Å². The molecule has 0 saturated heterocycles. The summed E-state index contributed by atoms with van der Waals surface area (Å²) in [7, 11) is 1.57. The van der Waals surface area contributed by atoms with Crippen molar-refractivity contribution in [1.82, 2.24) is 5.32 Å². The number of rotatable bonds is 9. The summed E-state index contributed by atoms with van der Waals surface area (Å²) in [6.07, 6.45) is 0.499. The molecule has 0 aliphatic rings. The molecule has 0 aliphatic carbocycles. The van der Waals surface area contributed by atoms with Gasteiger partial charge in [0.05, 0.1) is 18.4 Å². The molecule has 0 radical (unpaired) electrons. The summed E-state index contributed by atoms with van der Waals surface area (Å²) >= 11 is 7.43. The number of hydrogen-bond donors (Lipinski definition) is 2. The molecular weight excluding hydrogens is 298 g/mol. The highest BCUT2D eigenvalue weighted by atomic mass is 35.5. The molecule has 4 nitrogen and oxygen atoms in total. The molecular formula is C14H20ClNO3S. The minimum Gasteiger partial charge on any atom is -0.396 e. The Morgan fingerprint density at radius 2 is 2.35 bits per heavy atom. The van der Waals surface area contributed by atoms with Crippen molar-refractivity contribution in [2.24, 2.45) is 0 Å². The molecule has 112 valence electrons. The second-order valence-electron chi connectivity index (χ2n) is 4.35. The van der Waals surface area contributed by atoms with Gasteiger partial charge in [0.2, 0.25) is 5.91 Å². The van der Waals surface area contributed by atoms with Crippen LogP contribution in [0.1, 0.15) is 12.0 Å². The molecule has 6 heteroatoms. The van der Waals surface area contributed by atoms with Crippen LogP contribution in [-0.4, -0.2) is 43.1 Å². The van der Waals surface area contributed by atoms with E-state index in [0.717, 1.165) is 11.3 Å². The molecule has 1 rings (SSSR count). The second-order valence-corrected chi connectivity index (χ2v) is 5.78. The molecule has 0 saturated carbocycles. The zero-order valence-corrected chi connectivity index (χ0v) is 13.0. The van der Waals surface area contributed by atoms with Crippen LogP contribution >= 0.6 is 23.4 Å². The van der Waals surface area contributed by atoms with Gasteiger partial charge in [-0.3, -0.25) is 4.79 Å². The van der Waals surface area contributed by atoms with Crippen molar-refractivity contribution in [3.05, 3.63) is 34.9 Å². The van der Waals surface area contributed by atoms with E-state index in [4.69, 9.17) is 21.4 Å². The lowest BCUT2D eigenvalue weighted by molar-refractivity contribution is -0.119. The number of carbonyl (C=O) groups is 1. The maximum Gasteiger partial charge on any atom is 0.230 e. The van der Waals surface area contributed by atoms with E-state index < -0.39 is 0 Å². The van der Waals surface area contributed by atoms with Crippen LogP contribution in [0.2, 0.25) is 5.02 Å². The molecule has 0 heterocycles. The smallest absolute Gasteiger partial charge is 0.230 e. The van der Waals surface area contributed by atoms with Gasteiger partial charge in [-0.15, -0.1) is 11.8 Å². The fourth-order valence-electron chi connectivity index (χ4n) is 1.71. The Kier molecular flexibility index (Phi) is 8.69. The number of halogens is 1. The van der Waals surface area contributed by atoms with Crippen LogP contribution in [0.5, 0.6) is 0 Å². The van der Waals surface area contributed by atoms with Gasteiger partial charge in [-0.2, -0.15) is 0 Å². The van der Waals surface area contributed by atoms with Crippen molar-refractivity contribution in [3.8, 4) is 0 Å². The molecule has 0 bridgehead atoms. The third-order valence-electron chi connectivity index (χ3n) is 2.60. The number of hydrogen-bond acceptors (Lipinski definition) is 4. The van der Waals surface area contributed by atoms with Crippen LogP contribution in [0.4, 0.5) is 0 Å². The Bertz CT molecular complexity index is 411. The Balaban J connectivity index is 2.28. The van der Waals surface area contributed by atoms with Crippen LogP contribution in [-0.2, 0) is 15.3 Å². The summed E-state index contributed by atoms with van der Waals surface area (Å²) in [6.45, 7) is 0.440. The largest absolute Gasteiger partial charge is 0.396 e. The third kappa shape index (κ3) is 7.14. The topological polar surface area (TPSA) is 58.6 Å². The van der Waals surface area contributed by atoms with E-state index in [1.54, 1.807) is 7.11 Å². The molecule has 0 fully saturated rings. The van der Waals surface area contributed by atoms with Crippen molar-refractivity contribution >= 4 is 29.3 Å². The first-order chi connectivity index (χ1) is 9.65. The van der Waals surface area contributed by atoms with E-state index in [2.05, 4.69) is 5.32 Å². The number of benzene rings is 1. The Labute approximate surface area is 128 Å². The number of aliphatic hydroxyl groups is 1. The van der Waals surface area contributed by atoms with Gasteiger partial charge in [0.15, 0.2) is 0 Å². The van der Waals surface area contributed by atoms with Gasteiger partial charge in [-0.1, -0.05) is 23.7 Å². The van der Waals surface area contributed by atoms with E-state index in [1.807, 2.05) is 24.3 Å². The van der Waals surface area contributed by atoms with Gasteiger partial charge < -0.3 is 15.2 Å². The number of methoxy groups -OCH3 is 1. The fourth-order valence-corrected chi connectivity index (χ4v) is 2.71. The molecule has 0 spiro atoms. The maximum atomic E-state index is 11.8. The highest BCUT2D eigenvalue weighted by Crippen LogP contribution is 2.16. The first-order valence-corrected chi connectivity index (χ1v) is 7.90. The molecule has 0 aromatic heterocycles. The lowest BCUT2D eigenvalue weighted by atomic mass is 10.2. The number of carbonyl (C=O) groups excluding carboxylic acids is 1. The van der Waals surface area contributed by atoms with Crippen molar-refractivity contribution < 1.29 is 14.6 Å². The van der Waals surface area contributed by atoms with Crippen molar-refractivity contribution in [1.29, 1.82) is 0 Å². The van der Waals surface area contributed by atoms with Gasteiger partial charge in [0.25, 0.3) is 0 Å². The van der Waals surface area contributed by atoms with Crippen molar-refractivity contribution in [2.45, 2.75) is 18.2 Å². The number of aliphatic hydroxyl groups excluding tert-OH is 1. The Hall–Kier alpha value is -0.750.